The normalized spacial score (nSPS) is 17.8. The molecule has 3 heterocycles. The van der Waals surface area contributed by atoms with Crippen molar-refractivity contribution in [2.75, 3.05) is 5.32 Å². The molecular formula is C19H18ClN7O. The molecule has 28 heavy (non-hydrogen) atoms. The highest BCUT2D eigenvalue weighted by atomic mass is 35.5. The maximum absolute atomic E-state index is 12.0. The van der Waals surface area contributed by atoms with Crippen LogP contribution in [0.3, 0.4) is 0 Å². The van der Waals surface area contributed by atoms with E-state index in [0.29, 0.717) is 22.5 Å². The van der Waals surface area contributed by atoms with Crippen molar-refractivity contribution >= 4 is 29.1 Å². The van der Waals surface area contributed by atoms with Gasteiger partial charge < -0.3 is 5.32 Å². The number of rotatable bonds is 4. The SMILES string of the molecule is Cc1cnc(N[C@H]2CCC(=Nc3ccc(-n4ccc(Cl)cc4=O)cn3)C2)nn1. The molecule has 0 amide bonds. The van der Waals surface area contributed by atoms with Crippen LogP contribution in [-0.2, 0) is 0 Å². The Morgan fingerprint density at radius 3 is 2.82 bits per heavy atom. The molecule has 142 valence electrons. The van der Waals surface area contributed by atoms with Gasteiger partial charge in [-0.25, -0.2) is 15.0 Å². The molecule has 1 atom stereocenters. The average molecular weight is 396 g/mol. The van der Waals surface area contributed by atoms with Crippen LogP contribution in [0.5, 0.6) is 0 Å². The molecule has 1 N–H and O–H groups in total. The molecule has 9 heteroatoms. The topological polar surface area (TPSA) is 98.0 Å². The molecule has 1 aliphatic carbocycles. The summed E-state index contributed by atoms with van der Waals surface area (Å²) in [4.78, 5) is 25.2. The summed E-state index contributed by atoms with van der Waals surface area (Å²) in [5.74, 6) is 1.15. The number of nitrogens with one attached hydrogen (secondary N) is 1. The fourth-order valence-corrected chi connectivity index (χ4v) is 3.20. The predicted octanol–water partition coefficient (Wildman–Crippen LogP) is 3.12. The summed E-state index contributed by atoms with van der Waals surface area (Å²) in [6.45, 7) is 1.85. The third kappa shape index (κ3) is 4.23. The van der Waals surface area contributed by atoms with Crippen molar-refractivity contribution in [2.24, 2.45) is 4.99 Å². The van der Waals surface area contributed by atoms with E-state index in [4.69, 9.17) is 11.6 Å². The van der Waals surface area contributed by atoms with Crippen LogP contribution in [0.2, 0.25) is 5.02 Å². The van der Waals surface area contributed by atoms with Gasteiger partial charge in [-0.05, 0) is 38.0 Å². The molecule has 1 fully saturated rings. The number of nitrogens with zero attached hydrogens (tertiary/aromatic N) is 6. The Bertz CT molecular complexity index is 1060. The molecule has 0 radical (unpaired) electrons. The number of hydrogen-bond acceptors (Lipinski definition) is 7. The molecular weight excluding hydrogens is 378 g/mol. The number of anilines is 1. The molecule has 1 aliphatic rings. The van der Waals surface area contributed by atoms with Crippen molar-refractivity contribution in [3.05, 3.63) is 63.9 Å². The fraction of sp³-hybridized carbons (Fsp3) is 0.263. The molecule has 0 unspecified atom stereocenters. The smallest absolute Gasteiger partial charge is 0.256 e. The Labute approximate surface area is 166 Å². The number of aliphatic imine (C=N–C) groups is 1. The van der Waals surface area contributed by atoms with E-state index in [1.54, 1.807) is 30.7 Å². The second kappa shape index (κ2) is 7.85. The summed E-state index contributed by atoms with van der Waals surface area (Å²) < 4.78 is 1.49. The summed E-state index contributed by atoms with van der Waals surface area (Å²) >= 11 is 5.83. The Morgan fingerprint density at radius 2 is 2.11 bits per heavy atom. The Morgan fingerprint density at radius 1 is 1.21 bits per heavy atom. The lowest BCUT2D eigenvalue weighted by Gasteiger charge is -2.10. The third-order valence-corrected chi connectivity index (χ3v) is 4.67. The van der Waals surface area contributed by atoms with Crippen LogP contribution < -0.4 is 10.9 Å². The van der Waals surface area contributed by atoms with E-state index in [2.05, 4.69) is 30.5 Å². The number of hydrogen-bond donors (Lipinski definition) is 1. The first-order chi connectivity index (χ1) is 13.6. The van der Waals surface area contributed by atoms with Crippen LogP contribution in [0.15, 0.2) is 52.6 Å². The van der Waals surface area contributed by atoms with Gasteiger partial charge in [0.25, 0.3) is 5.56 Å². The molecule has 0 saturated heterocycles. The molecule has 4 rings (SSSR count). The van der Waals surface area contributed by atoms with E-state index in [1.807, 2.05) is 13.0 Å². The van der Waals surface area contributed by atoms with Crippen LogP contribution >= 0.6 is 11.6 Å². The largest absolute Gasteiger partial charge is 0.350 e. The summed E-state index contributed by atoms with van der Waals surface area (Å²) in [5.41, 5.74) is 2.32. The quantitative estimate of drug-likeness (QED) is 0.728. The highest BCUT2D eigenvalue weighted by molar-refractivity contribution is 6.30. The molecule has 1 saturated carbocycles. The first kappa shape index (κ1) is 18.2. The number of aromatic nitrogens is 5. The van der Waals surface area contributed by atoms with E-state index in [1.165, 1.54) is 10.6 Å². The van der Waals surface area contributed by atoms with Crippen molar-refractivity contribution in [2.45, 2.75) is 32.2 Å². The van der Waals surface area contributed by atoms with E-state index >= 15 is 0 Å². The van der Waals surface area contributed by atoms with Gasteiger partial charge in [-0.15, -0.1) is 5.10 Å². The molecule has 3 aromatic rings. The van der Waals surface area contributed by atoms with Crippen LogP contribution in [0, 0.1) is 6.92 Å². The second-order valence-electron chi connectivity index (χ2n) is 6.61. The van der Waals surface area contributed by atoms with Gasteiger partial charge in [0.05, 0.1) is 23.8 Å². The molecule has 0 bridgehead atoms. The van der Waals surface area contributed by atoms with E-state index in [-0.39, 0.29) is 11.6 Å². The van der Waals surface area contributed by atoms with Crippen LogP contribution in [0.1, 0.15) is 25.0 Å². The number of halogens is 1. The van der Waals surface area contributed by atoms with Gasteiger partial charge in [-0.1, -0.05) is 11.6 Å². The second-order valence-corrected chi connectivity index (χ2v) is 7.05. The summed E-state index contributed by atoms with van der Waals surface area (Å²) in [6.07, 6.45) is 7.59. The van der Waals surface area contributed by atoms with Gasteiger partial charge in [0.1, 0.15) is 0 Å². The minimum absolute atomic E-state index is 0.203. The zero-order chi connectivity index (χ0) is 19.5. The van der Waals surface area contributed by atoms with Crippen molar-refractivity contribution in [3.63, 3.8) is 0 Å². The minimum Gasteiger partial charge on any atom is -0.350 e. The Hall–Kier alpha value is -3.13. The maximum Gasteiger partial charge on any atom is 0.256 e. The standard InChI is InChI=1S/C19H18ClN7O/c1-12-10-22-19(26-25-12)24-15-3-2-14(9-15)23-17-5-4-16(11-21-17)27-7-6-13(20)8-18(27)28/h4-8,10-11,15H,2-3,9H2,1H3,(H,22,24,26)/t15-/m0/s1. The zero-order valence-corrected chi connectivity index (χ0v) is 16.0. The summed E-state index contributed by atoms with van der Waals surface area (Å²) in [5, 5.41) is 11.7. The van der Waals surface area contributed by atoms with Gasteiger partial charge in [-0.2, -0.15) is 5.10 Å². The average Bonchev–Trinajstić information content (AvgIpc) is 3.11. The summed E-state index contributed by atoms with van der Waals surface area (Å²) in [6, 6.07) is 6.88. The highest BCUT2D eigenvalue weighted by Gasteiger charge is 2.21. The van der Waals surface area contributed by atoms with Gasteiger partial charge in [-0.3, -0.25) is 9.36 Å². The lowest BCUT2D eigenvalue weighted by Crippen LogP contribution is -2.18. The number of aryl methyl sites for hydroxylation is 1. The lowest BCUT2D eigenvalue weighted by atomic mass is 10.2. The first-order valence-electron chi connectivity index (χ1n) is 8.91. The predicted molar refractivity (Wildman–Crippen MR) is 108 cm³/mol. The van der Waals surface area contributed by atoms with Gasteiger partial charge in [0.2, 0.25) is 5.95 Å². The Balaban J connectivity index is 1.43. The monoisotopic (exact) mass is 395 g/mol. The first-order valence-corrected chi connectivity index (χ1v) is 9.28. The molecule has 0 aromatic carbocycles. The van der Waals surface area contributed by atoms with Crippen LogP contribution in [-0.4, -0.2) is 36.5 Å². The zero-order valence-electron chi connectivity index (χ0n) is 15.2. The lowest BCUT2D eigenvalue weighted by molar-refractivity contribution is 0.743. The van der Waals surface area contributed by atoms with Gasteiger partial charge in [0, 0.05) is 35.5 Å². The number of pyridine rings is 2. The third-order valence-electron chi connectivity index (χ3n) is 4.44. The van der Waals surface area contributed by atoms with Crippen LogP contribution in [0.25, 0.3) is 5.69 Å². The fourth-order valence-electron chi connectivity index (χ4n) is 3.05. The van der Waals surface area contributed by atoms with Crippen molar-refractivity contribution < 1.29 is 0 Å². The van der Waals surface area contributed by atoms with Crippen LogP contribution in [0.4, 0.5) is 11.8 Å². The van der Waals surface area contributed by atoms with Crippen molar-refractivity contribution in [1.29, 1.82) is 0 Å². The van der Waals surface area contributed by atoms with Crippen molar-refractivity contribution in [1.82, 2.24) is 24.7 Å². The molecule has 8 nitrogen and oxygen atoms in total. The van der Waals surface area contributed by atoms with Gasteiger partial charge >= 0.3 is 0 Å². The highest BCUT2D eigenvalue weighted by Crippen LogP contribution is 2.22. The van der Waals surface area contributed by atoms with E-state index in [0.717, 1.165) is 30.7 Å². The van der Waals surface area contributed by atoms with E-state index in [9.17, 15) is 4.79 Å². The van der Waals surface area contributed by atoms with Gasteiger partial charge in [0.15, 0.2) is 5.82 Å². The van der Waals surface area contributed by atoms with Crippen molar-refractivity contribution in [3.8, 4) is 5.69 Å². The van der Waals surface area contributed by atoms with E-state index < -0.39 is 0 Å². The summed E-state index contributed by atoms with van der Waals surface area (Å²) in [7, 11) is 0. The Kier molecular flexibility index (Phi) is 5.12. The maximum atomic E-state index is 12.0. The molecule has 0 spiro atoms. The minimum atomic E-state index is -0.203. The molecule has 0 aliphatic heterocycles. The molecule has 3 aromatic heterocycles.